The van der Waals surface area contributed by atoms with Crippen molar-refractivity contribution < 1.29 is 14.5 Å². The van der Waals surface area contributed by atoms with Gasteiger partial charge in [-0.2, -0.15) is 5.10 Å². The molecule has 0 fully saturated rings. The molecule has 0 radical (unpaired) electrons. The highest BCUT2D eigenvalue weighted by Crippen LogP contribution is 2.13. The zero-order chi connectivity index (χ0) is 18.9. The minimum absolute atomic E-state index is 0.0687. The lowest BCUT2D eigenvalue weighted by molar-refractivity contribution is -0.384. The number of nitro benzene ring substituents is 1. The van der Waals surface area contributed by atoms with E-state index in [0.29, 0.717) is 18.1 Å². The molecule has 7 heteroatoms. The highest BCUT2D eigenvalue weighted by Gasteiger charge is 2.08. The summed E-state index contributed by atoms with van der Waals surface area (Å²) in [5, 5.41) is 14.5. The lowest BCUT2D eigenvalue weighted by Gasteiger charge is -2.07. The number of hydrogen-bond donors (Lipinski definition) is 1. The number of nitrogens with zero attached hydrogens (tertiary/aromatic N) is 2. The van der Waals surface area contributed by atoms with E-state index in [9.17, 15) is 14.9 Å². The first kappa shape index (κ1) is 19.1. The van der Waals surface area contributed by atoms with Gasteiger partial charge in [0.2, 0.25) is 0 Å². The van der Waals surface area contributed by atoms with Crippen LogP contribution in [0.25, 0.3) is 0 Å². The summed E-state index contributed by atoms with van der Waals surface area (Å²) < 4.78 is 5.64. The van der Waals surface area contributed by atoms with Crippen LogP contribution >= 0.6 is 0 Å². The number of amides is 1. The third-order valence-corrected chi connectivity index (χ3v) is 3.56. The number of non-ortho nitro benzene ring substituents is 1. The number of nitro groups is 1. The Morgan fingerprint density at radius 3 is 2.42 bits per heavy atom. The van der Waals surface area contributed by atoms with Gasteiger partial charge < -0.3 is 4.74 Å². The average Bonchev–Trinajstić information content (AvgIpc) is 2.62. The molecule has 0 aliphatic rings. The van der Waals surface area contributed by atoms with Gasteiger partial charge >= 0.3 is 0 Å². The van der Waals surface area contributed by atoms with Crippen molar-refractivity contribution >= 4 is 17.8 Å². The number of hydrazone groups is 1. The van der Waals surface area contributed by atoms with Crippen LogP contribution in [0.4, 0.5) is 5.69 Å². The number of rotatable bonds is 8. The molecule has 0 aromatic heterocycles. The van der Waals surface area contributed by atoms with Crippen LogP contribution < -0.4 is 10.2 Å². The predicted octanol–water partition coefficient (Wildman–Crippen LogP) is 3.78. The van der Waals surface area contributed by atoms with Gasteiger partial charge in [0, 0.05) is 17.7 Å². The molecular formula is C19H21N3O4. The smallest absolute Gasteiger partial charge is 0.271 e. The molecule has 0 heterocycles. The molecule has 2 aromatic carbocycles. The van der Waals surface area contributed by atoms with Crippen LogP contribution in [-0.4, -0.2) is 23.7 Å². The number of carbonyl (C=O) groups excluding carboxylic acids is 1. The normalized spacial score (nSPS) is 10.9. The third-order valence-electron chi connectivity index (χ3n) is 3.56. The van der Waals surface area contributed by atoms with E-state index in [0.717, 1.165) is 17.7 Å². The van der Waals surface area contributed by atoms with Gasteiger partial charge in [-0.3, -0.25) is 14.9 Å². The Hall–Kier alpha value is -3.22. The minimum atomic E-state index is -0.518. The van der Waals surface area contributed by atoms with E-state index in [2.05, 4.69) is 24.4 Å². The second-order valence-corrected chi connectivity index (χ2v) is 6.10. The maximum atomic E-state index is 11.9. The molecule has 0 spiro atoms. The van der Waals surface area contributed by atoms with Crippen LogP contribution in [0.1, 0.15) is 36.2 Å². The van der Waals surface area contributed by atoms with Crippen LogP contribution in [0, 0.1) is 16.0 Å². The molecule has 0 bridgehead atoms. The quantitative estimate of drug-likeness (QED) is 0.443. The fourth-order valence-electron chi connectivity index (χ4n) is 2.03. The van der Waals surface area contributed by atoms with Crippen molar-refractivity contribution in [1.82, 2.24) is 5.43 Å². The maximum Gasteiger partial charge on any atom is 0.271 e. The van der Waals surface area contributed by atoms with Crippen molar-refractivity contribution in [3.8, 4) is 5.75 Å². The van der Waals surface area contributed by atoms with Gasteiger partial charge in [0.15, 0.2) is 0 Å². The number of nitrogens with one attached hydrogen (secondary N) is 1. The van der Waals surface area contributed by atoms with Crippen molar-refractivity contribution in [2.45, 2.75) is 20.3 Å². The van der Waals surface area contributed by atoms with E-state index in [1.165, 1.54) is 30.5 Å². The van der Waals surface area contributed by atoms with Crippen LogP contribution in [0.5, 0.6) is 5.75 Å². The SMILES string of the molecule is CC(C)CCOc1ccc(/C=N\NC(=O)c2ccc([N+](=O)[O-])cc2)cc1. The van der Waals surface area contributed by atoms with E-state index < -0.39 is 10.8 Å². The Labute approximate surface area is 151 Å². The molecule has 7 nitrogen and oxygen atoms in total. The maximum absolute atomic E-state index is 11.9. The highest BCUT2D eigenvalue weighted by atomic mass is 16.6. The van der Waals surface area contributed by atoms with Gasteiger partial charge in [-0.1, -0.05) is 13.8 Å². The van der Waals surface area contributed by atoms with E-state index >= 15 is 0 Å². The molecule has 136 valence electrons. The summed E-state index contributed by atoms with van der Waals surface area (Å²) >= 11 is 0. The average molecular weight is 355 g/mol. The zero-order valence-corrected chi connectivity index (χ0v) is 14.7. The van der Waals surface area contributed by atoms with E-state index in [1.54, 1.807) is 0 Å². The second kappa shape index (κ2) is 9.31. The van der Waals surface area contributed by atoms with Gasteiger partial charge in [0.1, 0.15) is 5.75 Å². The Bertz CT molecular complexity index is 768. The summed E-state index contributed by atoms with van der Waals surface area (Å²) in [4.78, 5) is 22.0. The van der Waals surface area contributed by atoms with Crippen LogP contribution in [-0.2, 0) is 0 Å². The van der Waals surface area contributed by atoms with E-state index in [4.69, 9.17) is 4.74 Å². The fourth-order valence-corrected chi connectivity index (χ4v) is 2.03. The van der Waals surface area contributed by atoms with Crippen LogP contribution in [0.2, 0.25) is 0 Å². The molecule has 0 saturated carbocycles. The molecule has 0 atom stereocenters. The Morgan fingerprint density at radius 2 is 1.85 bits per heavy atom. The third kappa shape index (κ3) is 6.01. The van der Waals surface area contributed by atoms with Gasteiger partial charge in [-0.15, -0.1) is 0 Å². The predicted molar refractivity (Wildman–Crippen MR) is 99.5 cm³/mol. The molecular weight excluding hydrogens is 334 g/mol. The molecule has 2 aromatic rings. The lowest BCUT2D eigenvalue weighted by atomic mass is 10.1. The molecule has 0 aliphatic heterocycles. The van der Waals surface area contributed by atoms with Crippen LogP contribution in [0.15, 0.2) is 53.6 Å². The summed E-state index contributed by atoms with van der Waals surface area (Å²) in [5.41, 5.74) is 3.42. The first-order valence-corrected chi connectivity index (χ1v) is 8.26. The van der Waals surface area contributed by atoms with Crippen LogP contribution in [0.3, 0.4) is 0 Å². The van der Waals surface area contributed by atoms with Gasteiger partial charge in [-0.25, -0.2) is 5.43 Å². The molecule has 0 saturated heterocycles. The second-order valence-electron chi connectivity index (χ2n) is 6.10. The number of ether oxygens (including phenoxy) is 1. The molecule has 1 amide bonds. The summed E-state index contributed by atoms with van der Waals surface area (Å²) in [7, 11) is 0. The fraction of sp³-hybridized carbons (Fsp3) is 0.263. The Morgan fingerprint density at radius 1 is 1.19 bits per heavy atom. The van der Waals surface area contributed by atoms with E-state index in [1.807, 2.05) is 24.3 Å². The first-order valence-electron chi connectivity index (χ1n) is 8.26. The largest absolute Gasteiger partial charge is 0.494 e. The highest BCUT2D eigenvalue weighted by molar-refractivity contribution is 5.95. The standard InChI is InChI=1S/C19H21N3O4/c1-14(2)11-12-26-18-9-3-15(4-10-18)13-20-21-19(23)16-5-7-17(8-6-16)22(24)25/h3-10,13-14H,11-12H2,1-2H3,(H,21,23)/b20-13-. The van der Waals surface area contributed by atoms with Crippen molar-refractivity contribution in [3.05, 3.63) is 69.8 Å². The Balaban J connectivity index is 1.85. The lowest BCUT2D eigenvalue weighted by Crippen LogP contribution is -2.17. The van der Waals surface area contributed by atoms with Crippen molar-refractivity contribution in [1.29, 1.82) is 0 Å². The van der Waals surface area contributed by atoms with Crippen molar-refractivity contribution in [2.75, 3.05) is 6.61 Å². The number of carbonyl (C=O) groups is 1. The van der Waals surface area contributed by atoms with Crippen molar-refractivity contribution in [2.24, 2.45) is 11.0 Å². The van der Waals surface area contributed by atoms with Gasteiger partial charge in [-0.05, 0) is 54.3 Å². The minimum Gasteiger partial charge on any atom is -0.494 e. The Kier molecular flexibility index (Phi) is 6.84. The number of benzene rings is 2. The monoisotopic (exact) mass is 355 g/mol. The van der Waals surface area contributed by atoms with Gasteiger partial charge in [0.25, 0.3) is 11.6 Å². The number of hydrogen-bond acceptors (Lipinski definition) is 5. The molecule has 0 unspecified atom stereocenters. The summed E-state index contributed by atoms with van der Waals surface area (Å²) in [6.07, 6.45) is 2.51. The molecule has 1 N–H and O–H groups in total. The summed E-state index contributed by atoms with van der Waals surface area (Å²) in [6.45, 7) is 4.97. The van der Waals surface area contributed by atoms with E-state index in [-0.39, 0.29) is 5.69 Å². The zero-order valence-electron chi connectivity index (χ0n) is 14.7. The van der Waals surface area contributed by atoms with Gasteiger partial charge in [0.05, 0.1) is 17.7 Å². The summed E-state index contributed by atoms with van der Waals surface area (Å²) in [6, 6.07) is 12.7. The van der Waals surface area contributed by atoms with Crippen molar-refractivity contribution in [3.63, 3.8) is 0 Å². The molecule has 2 rings (SSSR count). The summed E-state index contributed by atoms with van der Waals surface area (Å²) in [5.74, 6) is 0.947. The topological polar surface area (TPSA) is 93.8 Å². The molecule has 0 aliphatic carbocycles. The molecule has 26 heavy (non-hydrogen) atoms. The first-order chi connectivity index (χ1) is 12.5.